The van der Waals surface area contributed by atoms with Crippen molar-refractivity contribution >= 4 is 17.3 Å². The molecule has 1 rings (SSSR count). The van der Waals surface area contributed by atoms with Crippen molar-refractivity contribution in [3.63, 3.8) is 0 Å². The summed E-state index contributed by atoms with van der Waals surface area (Å²) in [7, 11) is 0. The Morgan fingerprint density at radius 3 is 2.55 bits per heavy atom. The van der Waals surface area contributed by atoms with Crippen LogP contribution in [0, 0.1) is 10.1 Å². The van der Waals surface area contributed by atoms with Gasteiger partial charge in [0.2, 0.25) is 11.6 Å². The maximum absolute atomic E-state index is 11.4. The third-order valence-corrected chi connectivity index (χ3v) is 2.89. The monoisotopic (exact) mass is 281 g/mol. The Labute approximate surface area is 119 Å². The molecule has 112 valence electrons. The topological polar surface area (TPSA) is 84.2 Å². The van der Waals surface area contributed by atoms with Crippen LogP contribution in [0.15, 0.2) is 6.33 Å². The third kappa shape index (κ3) is 3.79. The molecule has 7 nitrogen and oxygen atoms in total. The number of nitrogens with zero attached hydrogens (tertiary/aromatic N) is 4. The van der Waals surface area contributed by atoms with E-state index in [9.17, 15) is 10.1 Å². The average molecular weight is 281 g/mol. The predicted molar refractivity (Wildman–Crippen MR) is 80.2 cm³/mol. The number of hydrogen-bond acceptors (Lipinski definition) is 6. The molecule has 0 radical (unpaired) electrons. The van der Waals surface area contributed by atoms with Gasteiger partial charge in [0.05, 0.1) is 4.92 Å². The molecule has 1 aromatic heterocycles. The Morgan fingerprint density at radius 1 is 1.35 bits per heavy atom. The molecule has 20 heavy (non-hydrogen) atoms. The second-order valence-corrected chi connectivity index (χ2v) is 4.87. The van der Waals surface area contributed by atoms with E-state index >= 15 is 0 Å². The molecule has 1 aromatic rings. The summed E-state index contributed by atoms with van der Waals surface area (Å²) < 4.78 is 0. The highest BCUT2D eigenvalue weighted by Crippen LogP contribution is 2.32. The molecule has 0 aliphatic heterocycles. The summed E-state index contributed by atoms with van der Waals surface area (Å²) in [4.78, 5) is 21.1. The second-order valence-electron chi connectivity index (χ2n) is 4.87. The zero-order chi connectivity index (χ0) is 15.1. The van der Waals surface area contributed by atoms with E-state index in [4.69, 9.17) is 0 Å². The summed E-state index contributed by atoms with van der Waals surface area (Å²) >= 11 is 0. The van der Waals surface area contributed by atoms with E-state index in [1.54, 1.807) is 0 Å². The van der Waals surface area contributed by atoms with Crippen LogP contribution in [0.1, 0.15) is 40.5 Å². The lowest BCUT2D eigenvalue weighted by Gasteiger charge is -2.27. The number of nitrogens with one attached hydrogen (secondary N) is 1. The van der Waals surface area contributed by atoms with Gasteiger partial charge in [-0.15, -0.1) is 0 Å². The van der Waals surface area contributed by atoms with Crippen molar-refractivity contribution in [1.82, 2.24) is 9.97 Å². The molecule has 0 saturated carbocycles. The number of hydrogen-bond donors (Lipinski definition) is 1. The highest BCUT2D eigenvalue weighted by Gasteiger charge is 2.27. The molecule has 0 unspecified atom stereocenters. The number of aromatic nitrogens is 2. The maximum Gasteiger partial charge on any atom is 0.353 e. The molecule has 1 N–H and O–H groups in total. The van der Waals surface area contributed by atoms with Crippen molar-refractivity contribution in [2.75, 3.05) is 23.3 Å². The van der Waals surface area contributed by atoms with Crippen molar-refractivity contribution in [1.29, 1.82) is 0 Å². The first kappa shape index (κ1) is 16.1. The molecular weight excluding hydrogens is 258 g/mol. The largest absolute Gasteiger partial charge is 0.364 e. The van der Waals surface area contributed by atoms with E-state index in [1.165, 1.54) is 6.33 Å². The Balaban J connectivity index is 3.26. The minimum atomic E-state index is -0.404. The quantitative estimate of drug-likeness (QED) is 0.582. The lowest BCUT2D eigenvalue weighted by atomic mass is 10.2. The molecular formula is C13H23N5O2. The van der Waals surface area contributed by atoms with Gasteiger partial charge in [-0.1, -0.05) is 13.8 Å². The summed E-state index contributed by atoms with van der Waals surface area (Å²) in [6.45, 7) is 9.41. The Hall–Kier alpha value is -1.92. The number of rotatable bonds is 8. The maximum atomic E-state index is 11.4. The van der Waals surface area contributed by atoms with Crippen LogP contribution in [0.4, 0.5) is 17.3 Å². The van der Waals surface area contributed by atoms with Gasteiger partial charge in [-0.3, -0.25) is 10.1 Å². The van der Waals surface area contributed by atoms with Gasteiger partial charge >= 0.3 is 5.69 Å². The fourth-order valence-electron chi connectivity index (χ4n) is 1.97. The van der Waals surface area contributed by atoms with Crippen LogP contribution in [0.2, 0.25) is 0 Å². The van der Waals surface area contributed by atoms with Crippen molar-refractivity contribution in [2.24, 2.45) is 0 Å². The molecule has 0 fully saturated rings. The summed E-state index contributed by atoms with van der Waals surface area (Å²) in [6, 6.07) is 0.141. The molecule has 7 heteroatoms. The lowest BCUT2D eigenvalue weighted by Crippen LogP contribution is -2.33. The number of anilines is 2. The first-order valence-electron chi connectivity index (χ1n) is 7.02. The zero-order valence-corrected chi connectivity index (χ0v) is 12.6. The van der Waals surface area contributed by atoms with Crippen LogP contribution in [-0.2, 0) is 0 Å². The molecule has 0 amide bonds. The van der Waals surface area contributed by atoms with Crippen molar-refractivity contribution in [3.05, 3.63) is 16.4 Å². The minimum absolute atomic E-state index is 0.0388. The smallest absolute Gasteiger partial charge is 0.353 e. The fourth-order valence-corrected chi connectivity index (χ4v) is 1.97. The number of nitro groups is 1. The highest BCUT2D eigenvalue weighted by molar-refractivity contribution is 5.70. The van der Waals surface area contributed by atoms with E-state index in [0.717, 1.165) is 19.4 Å². The molecule has 0 atom stereocenters. The minimum Gasteiger partial charge on any atom is -0.364 e. The Kier molecular flexibility index (Phi) is 6.14. The molecule has 0 aliphatic carbocycles. The van der Waals surface area contributed by atoms with E-state index in [-0.39, 0.29) is 11.7 Å². The van der Waals surface area contributed by atoms with Gasteiger partial charge in [-0.25, -0.2) is 9.97 Å². The van der Waals surface area contributed by atoms with Gasteiger partial charge in [0.15, 0.2) is 0 Å². The first-order chi connectivity index (χ1) is 9.52. The SMILES string of the molecule is CCCNc1ncnc(N(CCC)C(C)C)c1[N+](=O)[O-]. The van der Waals surface area contributed by atoms with Crippen molar-refractivity contribution in [2.45, 2.75) is 46.6 Å². The molecule has 0 bridgehead atoms. The van der Waals surface area contributed by atoms with Gasteiger partial charge in [0, 0.05) is 19.1 Å². The van der Waals surface area contributed by atoms with Crippen LogP contribution in [-0.4, -0.2) is 34.0 Å². The van der Waals surface area contributed by atoms with Crippen LogP contribution >= 0.6 is 0 Å². The highest BCUT2D eigenvalue weighted by atomic mass is 16.6. The van der Waals surface area contributed by atoms with E-state index in [1.807, 2.05) is 32.6 Å². The normalized spacial score (nSPS) is 10.7. The summed E-state index contributed by atoms with van der Waals surface area (Å²) in [5, 5.41) is 14.4. The lowest BCUT2D eigenvalue weighted by molar-refractivity contribution is -0.383. The van der Waals surface area contributed by atoms with Gasteiger partial charge in [0.25, 0.3) is 0 Å². The van der Waals surface area contributed by atoms with Gasteiger partial charge in [-0.05, 0) is 26.7 Å². The Morgan fingerprint density at radius 2 is 2.05 bits per heavy atom. The molecule has 0 aromatic carbocycles. The van der Waals surface area contributed by atoms with Crippen LogP contribution in [0.3, 0.4) is 0 Å². The second kappa shape index (κ2) is 7.62. The third-order valence-electron chi connectivity index (χ3n) is 2.89. The van der Waals surface area contributed by atoms with Gasteiger partial charge < -0.3 is 10.2 Å². The molecule has 1 heterocycles. The van der Waals surface area contributed by atoms with Crippen molar-refractivity contribution in [3.8, 4) is 0 Å². The van der Waals surface area contributed by atoms with E-state index in [2.05, 4.69) is 15.3 Å². The molecule has 0 saturated heterocycles. The molecule has 0 aliphatic rings. The van der Waals surface area contributed by atoms with E-state index < -0.39 is 4.92 Å². The first-order valence-corrected chi connectivity index (χ1v) is 7.02. The van der Waals surface area contributed by atoms with Crippen molar-refractivity contribution < 1.29 is 4.92 Å². The van der Waals surface area contributed by atoms with Gasteiger partial charge in [0.1, 0.15) is 6.33 Å². The van der Waals surface area contributed by atoms with E-state index in [0.29, 0.717) is 18.2 Å². The van der Waals surface area contributed by atoms with Crippen LogP contribution < -0.4 is 10.2 Å². The van der Waals surface area contributed by atoms with Gasteiger partial charge in [-0.2, -0.15) is 0 Å². The fraction of sp³-hybridized carbons (Fsp3) is 0.692. The standard InChI is InChI=1S/C13H23N5O2/c1-5-7-14-12-11(18(19)20)13(16-9-15-12)17(8-6-2)10(3)4/h9-10H,5-8H2,1-4H3,(H,14,15,16). The zero-order valence-electron chi connectivity index (χ0n) is 12.6. The Bertz CT molecular complexity index is 450. The van der Waals surface area contributed by atoms with Crippen LogP contribution in [0.5, 0.6) is 0 Å². The molecule has 0 spiro atoms. The van der Waals surface area contributed by atoms with Crippen LogP contribution in [0.25, 0.3) is 0 Å². The average Bonchev–Trinajstić information content (AvgIpc) is 2.41. The predicted octanol–water partition coefficient (Wildman–Crippen LogP) is 2.83. The summed E-state index contributed by atoms with van der Waals surface area (Å²) in [6.07, 6.45) is 3.15. The summed E-state index contributed by atoms with van der Waals surface area (Å²) in [5.41, 5.74) is -0.0388. The summed E-state index contributed by atoms with van der Waals surface area (Å²) in [5.74, 6) is 0.684.